The SMILES string of the molecule is CSc1cc(C(C)(F)F)ccc1C(=O)NC(c1ccccc1)C1(N2CCCC2)CCC1. The number of likely N-dealkylation sites (tertiary alicyclic amines) is 1. The van der Waals surface area contributed by atoms with Gasteiger partial charge < -0.3 is 5.32 Å². The Morgan fingerprint density at radius 2 is 1.77 bits per heavy atom. The molecule has 2 aromatic carbocycles. The second kappa shape index (κ2) is 8.91. The van der Waals surface area contributed by atoms with Gasteiger partial charge in [0, 0.05) is 22.9 Å². The topological polar surface area (TPSA) is 32.3 Å². The number of rotatable bonds is 7. The molecule has 6 heteroatoms. The van der Waals surface area contributed by atoms with E-state index in [9.17, 15) is 13.6 Å². The van der Waals surface area contributed by atoms with Crippen molar-refractivity contribution in [1.29, 1.82) is 0 Å². The van der Waals surface area contributed by atoms with Crippen molar-refractivity contribution in [1.82, 2.24) is 10.2 Å². The molecule has 0 aromatic heterocycles. The highest BCUT2D eigenvalue weighted by Crippen LogP contribution is 2.48. The number of hydrogen-bond donors (Lipinski definition) is 1. The molecule has 1 saturated carbocycles. The minimum Gasteiger partial charge on any atom is -0.343 e. The molecule has 3 nitrogen and oxygen atoms in total. The van der Waals surface area contributed by atoms with Crippen LogP contribution in [0.1, 0.15) is 66.6 Å². The highest BCUT2D eigenvalue weighted by atomic mass is 32.2. The molecule has 0 radical (unpaired) electrons. The Morgan fingerprint density at radius 1 is 1.10 bits per heavy atom. The van der Waals surface area contributed by atoms with E-state index in [0.29, 0.717) is 10.5 Å². The molecule has 1 unspecified atom stereocenters. The van der Waals surface area contributed by atoms with Crippen molar-refractivity contribution in [3.05, 3.63) is 65.2 Å². The molecular formula is C25H30F2N2OS. The normalized spacial score (nSPS) is 19.6. The van der Waals surface area contributed by atoms with Gasteiger partial charge in [0.05, 0.1) is 11.6 Å². The quantitative estimate of drug-likeness (QED) is 0.531. The minimum absolute atomic E-state index is 0.0660. The van der Waals surface area contributed by atoms with Gasteiger partial charge in [0.25, 0.3) is 11.8 Å². The second-order valence-electron chi connectivity index (χ2n) is 8.77. The molecule has 1 N–H and O–H groups in total. The van der Waals surface area contributed by atoms with E-state index < -0.39 is 5.92 Å². The number of nitrogens with one attached hydrogen (secondary N) is 1. The van der Waals surface area contributed by atoms with E-state index in [-0.39, 0.29) is 23.1 Å². The Hall–Kier alpha value is -1.92. The summed E-state index contributed by atoms with van der Waals surface area (Å²) in [5, 5.41) is 3.32. The van der Waals surface area contributed by atoms with Gasteiger partial charge in [0.2, 0.25) is 0 Å². The smallest absolute Gasteiger partial charge is 0.270 e. The van der Waals surface area contributed by atoms with Gasteiger partial charge in [-0.25, -0.2) is 8.78 Å². The number of amides is 1. The molecule has 4 rings (SSSR count). The number of nitrogens with zero attached hydrogens (tertiary/aromatic N) is 1. The van der Waals surface area contributed by atoms with E-state index in [2.05, 4.69) is 22.3 Å². The monoisotopic (exact) mass is 444 g/mol. The van der Waals surface area contributed by atoms with Gasteiger partial charge >= 0.3 is 0 Å². The predicted octanol–water partition coefficient (Wildman–Crippen LogP) is 6.01. The molecule has 1 aliphatic carbocycles. The Morgan fingerprint density at radius 3 is 2.32 bits per heavy atom. The van der Waals surface area contributed by atoms with E-state index in [1.165, 1.54) is 36.7 Å². The van der Waals surface area contributed by atoms with Gasteiger partial charge in [-0.3, -0.25) is 9.69 Å². The third-order valence-corrected chi connectivity index (χ3v) is 7.63. The lowest BCUT2D eigenvalue weighted by Gasteiger charge is -2.54. The van der Waals surface area contributed by atoms with Crippen molar-refractivity contribution in [3.8, 4) is 0 Å². The summed E-state index contributed by atoms with van der Waals surface area (Å²) in [5.74, 6) is -3.13. The third kappa shape index (κ3) is 4.37. The first-order valence-electron chi connectivity index (χ1n) is 11.0. The molecule has 31 heavy (non-hydrogen) atoms. The maximum atomic E-state index is 13.8. The van der Waals surface area contributed by atoms with Crippen molar-refractivity contribution in [2.45, 2.75) is 61.4 Å². The molecule has 1 aliphatic heterocycles. The maximum Gasteiger partial charge on any atom is 0.270 e. The van der Waals surface area contributed by atoms with Gasteiger partial charge in [-0.2, -0.15) is 0 Å². The standard InChI is InChI=1S/C25H30F2N2OS/c1-24(26,27)19-11-12-20(21(17-19)31-2)23(30)28-22(18-9-4-3-5-10-18)25(13-8-14-25)29-15-6-7-16-29/h3-5,9-12,17,22H,6-8,13-16H2,1-2H3,(H,28,30). The van der Waals surface area contributed by atoms with Crippen LogP contribution in [0.5, 0.6) is 0 Å². The number of alkyl halides is 2. The second-order valence-corrected chi connectivity index (χ2v) is 9.62. The fourth-order valence-electron chi connectivity index (χ4n) is 5.02. The Labute approximate surface area is 187 Å². The number of carbonyl (C=O) groups is 1. The van der Waals surface area contributed by atoms with Crippen molar-refractivity contribution in [2.24, 2.45) is 0 Å². The summed E-state index contributed by atoms with van der Waals surface area (Å²) in [6, 6.07) is 14.4. The van der Waals surface area contributed by atoms with Gasteiger partial charge in [0.15, 0.2) is 0 Å². The van der Waals surface area contributed by atoms with Crippen LogP contribution in [0.3, 0.4) is 0 Å². The lowest BCUT2D eigenvalue weighted by molar-refractivity contribution is -0.000484. The fraction of sp³-hybridized carbons (Fsp3) is 0.480. The zero-order chi connectivity index (χ0) is 22.1. The Kier molecular flexibility index (Phi) is 6.40. The molecule has 166 valence electrons. The first kappa shape index (κ1) is 22.3. The maximum absolute atomic E-state index is 13.8. The summed E-state index contributed by atoms with van der Waals surface area (Å²) >= 11 is 1.32. The third-order valence-electron chi connectivity index (χ3n) is 6.85. The summed E-state index contributed by atoms with van der Waals surface area (Å²) in [7, 11) is 0. The average Bonchev–Trinajstić information content (AvgIpc) is 3.26. The van der Waals surface area contributed by atoms with E-state index in [0.717, 1.165) is 44.8 Å². The summed E-state index contributed by atoms with van der Waals surface area (Å²) in [6.45, 7) is 3.01. The van der Waals surface area contributed by atoms with Crippen molar-refractivity contribution < 1.29 is 13.6 Å². The number of hydrogen-bond acceptors (Lipinski definition) is 3. The zero-order valence-corrected chi connectivity index (χ0v) is 19.0. The molecule has 2 aromatic rings. The first-order valence-corrected chi connectivity index (χ1v) is 12.2. The van der Waals surface area contributed by atoms with Crippen molar-refractivity contribution in [3.63, 3.8) is 0 Å². The summed E-state index contributed by atoms with van der Waals surface area (Å²) in [5.41, 5.74) is 1.42. The van der Waals surface area contributed by atoms with E-state index in [1.807, 2.05) is 24.5 Å². The van der Waals surface area contributed by atoms with Crippen LogP contribution in [0, 0.1) is 0 Å². The molecule has 0 spiro atoms. The first-order chi connectivity index (χ1) is 14.8. The van der Waals surface area contributed by atoms with Gasteiger partial charge in [0.1, 0.15) is 0 Å². The predicted molar refractivity (Wildman–Crippen MR) is 122 cm³/mol. The Bertz CT molecular complexity index is 919. The molecule has 1 amide bonds. The lowest BCUT2D eigenvalue weighted by Crippen LogP contribution is -2.60. The lowest BCUT2D eigenvalue weighted by atomic mass is 9.68. The molecule has 1 heterocycles. The number of halogens is 2. The molecule has 1 saturated heterocycles. The van der Waals surface area contributed by atoms with Crippen molar-refractivity contribution in [2.75, 3.05) is 19.3 Å². The summed E-state index contributed by atoms with van der Waals surface area (Å²) < 4.78 is 27.6. The van der Waals surface area contributed by atoms with Crippen LogP contribution in [0.25, 0.3) is 0 Å². The molecule has 2 fully saturated rings. The number of thioether (sulfide) groups is 1. The summed E-state index contributed by atoms with van der Waals surface area (Å²) in [4.78, 5) is 16.6. The van der Waals surface area contributed by atoms with E-state index in [1.54, 1.807) is 6.07 Å². The van der Waals surface area contributed by atoms with E-state index in [4.69, 9.17) is 0 Å². The Balaban J connectivity index is 1.67. The molecule has 2 aliphatic rings. The molecule has 1 atom stereocenters. The molecule has 0 bridgehead atoms. The van der Waals surface area contributed by atoms with Crippen LogP contribution in [0.15, 0.2) is 53.4 Å². The van der Waals surface area contributed by atoms with Crippen molar-refractivity contribution >= 4 is 17.7 Å². The molecular weight excluding hydrogens is 414 g/mol. The number of benzene rings is 2. The highest BCUT2D eigenvalue weighted by Gasteiger charge is 2.50. The van der Waals surface area contributed by atoms with Gasteiger partial charge in [-0.1, -0.05) is 36.4 Å². The number of carbonyl (C=O) groups excluding carboxylic acids is 1. The van der Waals surface area contributed by atoms with Crippen LogP contribution in [0.2, 0.25) is 0 Å². The van der Waals surface area contributed by atoms with Gasteiger partial charge in [-0.15, -0.1) is 11.8 Å². The van der Waals surface area contributed by atoms with Crippen LogP contribution in [-0.4, -0.2) is 35.7 Å². The van der Waals surface area contributed by atoms with Crippen LogP contribution in [-0.2, 0) is 5.92 Å². The minimum atomic E-state index is -2.93. The largest absolute Gasteiger partial charge is 0.343 e. The zero-order valence-electron chi connectivity index (χ0n) is 18.2. The van der Waals surface area contributed by atoms with Crippen LogP contribution < -0.4 is 5.32 Å². The van der Waals surface area contributed by atoms with Crippen LogP contribution >= 0.6 is 11.8 Å². The average molecular weight is 445 g/mol. The van der Waals surface area contributed by atoms with Gasteiger partial charge in [-0.05, 0) is 69.1 Å². The highest BCUT2D eigenvalue weighted by molar-refractivity contribution is 7.98. The summed E-state index contributed by atoms with van der Waals surface area (Å²) in [6.07, 6.45) is 7.48. The fourth-order valence-corrected chi connectivity index (χ4v) is 5.65. The van der Waals surface area contributed by atoms with E-state index >= 15 is 0 Å². The van der Waals surface area contributed by atoms with Crippen LogP contribution in [0.4, 0.5) is 8.78 Å².